The van der Waals surface area contributed by atoms with E-state index in [1.165, 1.54) is 0 Å². The summed E-state index contributed by atoms with van der Waals surface area (Å²) in [6.07, 6.45) is 1.55. The van der Waals surface area contributed by atoms with Gasteiger partial charge in [-0.05, 0) is 18.2 Å². The molecule has 78 valence electrons. The monoisotopic (exact) mass is 268 g/mol. The molecular weight excluding hydrogens is 260 g/mol. The van der Waals surface area contributed by atoms with Crippen molar-refractivity contribution in [2.75, 3.05) is 5.73 Å². The van der Waals surface area contributed by atoms with Crippen molar-refractivity contribution in [1.29, 1.82) is 0 Å². The number of ether oxygens (including phenoxy) is 1. The number of rotatable bonds is 3. The highest BCUT2D eigenvalue weighted by Gasteiger charge is 2.04. The molecule has 15 heavy (non-hydrogen) atoms. The Labute approximate surface area is 95.1 Å². The molecule has 0 aliphatic rings. The molecule has 1 aromatic heterocycles. The van der Waals surface area contributed by atoms with Crippen molar-refractivity contribution in [3.05, 3.63) is 40.5 Å². The number of aromatic nitrogens is 1. The average Bonchev–Trinajstić information content (AvgIpc) is 2.61. The third-order valence-corrected chi connectivity index (χ3v) is 2.36. The fraction of sp³-hybridized carbons (Fsp3) is 0.100. The molecule has 0 saturated carbocycles. The van der Waals surface area contributed by atoms with Crippen molar-refractivity contribution in [3.63, 3.8) is 0 Å². The van der Waals surface area contributed by atoms with Crippen molar-refractivity contribution in [2.24, 2.45) is 0 Å². The number of anilines is 1. The first kappa shape index (κ1) is 10.0. The SMILES string of the molecule is Nc1oncc1COc1cccc(Br)c1. The molecule has 0 atom stereocenters. The van der Waals surface area contributed by atoms with E-state index in [0.29, 0.717) is 12.5 Å². The Morgan fingerprint density at radius 2 is 2.33 bits per heavy atom. The maximum atomic E-state index is 5.52. The van der Waals surface area contributed by atoms with Crippen LogP contribution in [0.1, 0.15) is 5.56 Å². The number of hydrogen-bond donors (Lipinski definition) is 1. The van der Waals surface area contributed by atoms with Crippen LogP contribution in [-0.4, -0.2) is 5.16 Å². The van der Waals surface area contributed by atoms with Gasteiger partial charge in [0.2, 0.25) is 5.88 Å². The average molecular weight is 269 g/mol. The lowest BCUT2D eigenvalue weighted by Gasteiger charge is -2.04. The third kappa shape index (κ3) is 2.50. The summed E-state index contributed by atoms with van der Waals surface area (Å²) >= 11 is 3.36. The standard InChI is InChI=1S/C10H9BrN2O2/c11-8-2-1-3-9(4-8)14-6-7-5-13-15-10(7)12/h1-5H,6,12H2. The highest BCUT2D eigenvalue weighted by molar-refractivity contribution is 9.10. The Balaban J connectivity index is 2.02. The summed E-state index contributed by atoms with van der Waals surface area (Å²) in [5.41, 5.74) is 6.26. The van der Waals surface area contributed by atoms with Gasteiger partial charge in [0.05, 0.1) is 11.8 Å². The number of nitrogen functional groups attached to an aromatic ring is 1. The van der Waals surface area contributed by atoms with Crippen LogP contribution in [0.2, 0.25) is 0 Å². The highest BCUT2D eigenvalue weighted by Crippen LogP contribution is 2.20. The summed E-state index contributed by atoms with van der Waals surface area (Å²) in [7, 11) is 0. The van der Waals surface area contributed by atoms with Gasteiger partial charge in [-0.3, -0.25) is 0 Å². The molecule has 0 radical (unpaired) electrons. The van der Waals surface area contributed by atoms with Crippen LogP contribution in [0.3, 0.4) is 0 Å². The molecule has 0 saturated heterocycles. The van der Waals surface area contributed by atoms with Crippen LogP contribution in [0.4, 0.5) is 5.88 Å². The first-order valence-electron chi connectivity index (χ1n) is 4.33. The van der Waals surface area contributed by atoms with Gasteiger partial charge in [-0.2, -0.15) is 0 Å². The Hall–Kier alpha value is -1.49. The molecule has 2 rings (SSSR count). The van der Waals surface area contributed by atoms with Gasteiger partial charge in [-0.1, -0.05) is 27.2 Å². The van der Waals surface area contributed by atoms with Crippen LogP contribution >= 0.6 is 15.9 Å². The molecule has 4 nitrogen and oxygen atoms in total. The lowest BCUT2D eigenvalue weighted by atomic mass is 10.3. The van der Waals surface area contributed by atoms with Crippen LogP contribution in [0.25, 0.3) is 0 Å². The van der Waals surface area contributed by atoms with E-state index in [9.17, 15) is 0 Å². The summed E-state index contributed by atoms with van der Waals surface area (Å²) in [4.78, 5) is 0. The van der Waals surface area contributed by atoms with Gasteiger partial charge in [0.15, 0.2) is 0 Å². The topological polar surface area (TPSA) is 61.3 Å². The molecule has 0 aliphatic carbocycles. The van der Waals surface area contributed by atoms with Crippen molar-refractivity contribution in [3.8, 4) is 5.75 Å². The molecule has 0 amide bonds. The number of nitrogens with zero attached hydrogens (tertiary/aromatic N) is 1. The van der Waals surface area contributed by atoms with Crippen molar-refractivity contribution >= 4 is 21.8 Å². The van der Waals surface area contributed by atoms with Gasteiger partial charge in [0, 0.05) is 4.47 Å². The van der Waals surface area contributed by atoms with Crippen LogP contribution in [0.15, 0.2) is 39.5 Å². The summed E-state index contributed by atoms with van der Waals surface area (Å²) in [6.45, 7) is 0.353. The quantitative estimate of drug-likeness (QED) is 0.930. The van der Waals surface area contributed by atoms with E-state index in [1.54, 1.807) is 6.20 Å². The normalized spacial score (nSPS) is 10.2. The van der Waals surface area contributed by atoms with E-state index in [2.05, 4.69) is 21.1 Å². The van der Waals surface area contributed by atoms with Gasteiger partial charge in [-0.25, -0.2) is 0 Å². The maximum Gasteiger partial charge on any atom is 0.228 e. The molecule has 0 unspecified atom stereocenters. The first-order valence-corrected chi connectivity index (χ1v) is 5.12. The number of benzene rings is 1. The fourth-order valence-corrected chi connectivity index (χ4v) is 1.47. The number of hydrogen-bond acceptors (Lipinski definition) is 4. The predicted molar refractivity (Wildman–Crippen MR) is 59.4 cm³/mol. The molecule has 2 aromatic rings. The number of nitrogens with two attached hydrogens (primary N) is 1. The first-order chi connectivity index (χ1) is 7.25. The minimum absolute atomic E-state index is 0.296. The third-order valence-electron chi connectivity index (χ3n) is 1.87. The summed E-state index contributed by atoms with van der Waals surface area (Å²) < 4.78 is 11.2. The molecular formula is C10H9BrN2O2. The van der Waals surface area contributed by atoms with Gasteiger partial charge >= 0.3 is 0 Å². The zero-order valence-electron chi connectivity index (χ0n) is 7.81. The zero-order chi connectivity index (χ0) is 10.7. The lowest BCUT2D eigenvalue weighted by molar-refractivity contribution is 0.305. The Morgan fingerprint density at radius 3 is 3.00 bits per heavy atom. The van der Waals surface area contributed by atoms with Gasteiger partial charge < -0.3 is 15.0 Å². The van der Waals surface area contributed by atoms with Gasteiger partial charge in [0.1, 0.15) is 12.4 Å². The summed E-state index contributed by atoms with van der Waals surface area (Å²) in [6, 6.07) is 7.58. The second-order valence-corrected chi connectivity index (χ2v) is 3.88. The van der Waals surface area contributed by atoms with Crippen molar-refractivity contribution in [2.45, 2.75) is 6.61 Å². The Bertz CT molecular complexity index is 456. The maximum absolute atomic E-state index is 5.52. The number of halogens is 1. The Morgan fingerprint density at radius 1 is 1.47 bits per heavy atom. The van der Waals surface area contributed by atoms with E-state index in [1.807, 2.05) is 24.3 Å². The summed E-state index contributed by atoms with van der Waals surface area (Å²) in [5.74, 6) is 1.06. The summed E-state index contributed by atoms with van der Waals surface area (Å²) in [5, 5.41) is 3.56. The zero-order valence-corrected chi connectivity index (χ0v) is 9.40. The highest BCUT2D eigenvalue weighted by atomic mass is 79.9. The van der Waals surface area contributed by atoms with E-state index < -0.39 is 0 Å². The Kier molecular flexibility index (Phi) is 2.91. The molecule has 1 aromatic carbocycles. The van der Waals surface area contributed by atoms with Crippen molar-refractivity contribution in [1.82, 2.24) is 5.16 Å². The van der Waals surface area contributed by atoms with Crippen molar-refractivity contribution < 1.29 is 9.26 Å². The van der Waals surface area contributed by atoms with Crippen LogP contribution in [0, 0.1) is 0 Å². The van der Waals surface area contributed by atoms with E-state index in [-0.39, 0.29) is 0 Å². The minimum Gasteiger partial charge on any atom is -0.489 e. The minimum atomic E-state index is 0.296. The second kappa shape index (κ2) is 4.35. The van der Waals surface area contributed by atoms with Crippen LogP contribution in [0.5, 0.6) is 5.75 Å². The lowest BCUT2D eigenvalue weighted by Crippen LogP contribution is -1.97. The molecule has 0 spiro atoms. The second-order valence-electron chi connectivity index (χ2n) is 2.96. The largest absolute Gasteiger partial charge is 0.489 e. The van der Waals surface area contributed by atoms with Crippen LogP contribution in [-0.2, 0) is 6.61 Å². The molecule has 0 aliphatic heterocycles. The molecule has 1 heterocycles. The molecule has 0 fully saturated rings. The molecule has 5 heteroatoms. The van der Waals surface area contributed by atoms with Gasteiger partial charge in [0.25, 0.3) is 0 Å². The van der Waals surface area contributed by atoms with E-state index >= 15 is 0 Å². The van der Waals surface area contributed by atoms with Crippen LogP contribution < -0.4 is 10.5 Å². The molecule has 0 bridgehead atoms. The fourth-order valence-electron chi connectivity index (χ4n) is 1.10. The smallest absolute Gasteiger partial charge is 0.228 e. The van der Waals surface area contributed by atoms with E-state index in [0.717, 1.165) is 15.8 Å². The van der Waals surface area contributed by atoms with Gasteiger partial charge in [-0.15, -0.1) is 0 Å². The predicted octanol–water partition coefficient (Wildman–Crippen LogP) is 2.60. The molecule has 2 N–H and O–H groups in total. The van der Waals surface area contributed by atoms with E-state index in [4.69, 9.17) is 15.0 Å².